The molecule has 4 rings (SSSR count). The molecule has 2 atom stereocenters. The summed E-state index contributed by atoms with van der Waals surface area (Å²) in [7, 11) is 0. The molecule has 7 nitrogen and oxygen atoms in total. The first-order chi connectivity index (χ1) is 19.5. The molecule has 1 fully saturated rings. The van der Waals surface area contributed by atoms with E-state index in [0.717, 1.165) is 46.8 Å². The Bertz CT molecular complexity index is 1250. The van der Waals surface area contributed by atoms with Crippen LogP contribution in [0.5, 0.6) is 0 Å². The number of carboxylic acid groups (broad SMARTS) is 1. The molecule has 0 radical (unpaired) electrons. The summed E-state index contributed by atoms with van der Waals surface area (Å²) in [6, 6.07) is 12.4. The Morgan fingerprint density at radius 1 is 1.12 bits per heavy atom. The van der Waals surface area contributed by atoms with Crippen molar-refractivity contribution >= 4 is 23.6 Å². The maximum atomic E-state index is 13.3. The van der Waals surface area contributed by atoms with Gasteiger partial charge < -0.3 is 24.4 Å². The average Bonchev–Trinajstić information content (AvgIpc) is 3.51. The zero-order chi connectivity index (χ0) is 28.3. The van der Waals surface area contributed by atoms with Crippen LogP contribution in [0.15, 0.2) is 59.5 Å². The molecule has 2 aromatic carbocycles. The maximum Gasteiger partial charge on any atom is 1.00 e. The fourth-order valence-electron chi connectivity index (χ4n) is 5.45. The van der Waals surface area contributed by atoms with Crippen LogP contribution in [0.1, 0.15) is 84.7 Å². The third-order valence-electron chi connectivity index (χ3n) is 7.75. The van der Waals surface area contributed by atoms with Crippen LogP contribution < -0.4 is 29.3 Å². The summed E-state index contributed by atoms with van der Waals surface area (Å²) >= 11 is 1.53. The number of thioether (sulfide) groups is 1. The van der Waals surface area contributed by atoms with Gasteiger partial charge in [-0.1, -0.05) is 62.4 Å². The Kier molecular flexibility index (Phi) is 13.5. The summed E-state index contributed by atoms with van der Waals surface area (Å²) in [6.45, 7) is 2.33. The molecular formula is C32H39LiN2O5S. The number of hydrogen-bond acceptors (Lipinski definition) is 7. The SMILES string of the molecule is CSCC[C@H](NC(=O)c1ccc(COC(CCC2CCCCC2)c2cnco2)cc1-c1ccccc1C)C(=O)[O-].[Li+]. The number of aliphatic carboxylic acids is 1. The van der Waals surface area contributed by atoms with Crippen molar-refractivity contribution in [1.82, 2.24) is 10.3 Å². The van der Waals surface area contributed by atoms with Crippen LogP contribution in [0, 0.1) is 12.8 Å². The van der Waals surface area contributed by atoms with Crippen molar-refractivity contribution in [3.8, 4) is 11.1 Å². The van der Waals surface area contributed by atoms with Crippen molar-refractivity contribution in [2.75, 3.05) is 12.0 Å². The second-order valence-corrected chi connectivity index (χ2v) is 11.6. The van der Waals surface area contributed by atoms with Crippen LogP contribution in [0.4, 0.5) is 0 Å². The Hall–Kier alpha value is -2.50. The molecule has 0 bridgehead atoms. The zero-order valence-electron chi connectivity index (χ0n) is 24.4. The molecule has 41 heavy (non-hydrogen) atoms. The first kappa shape index (κ1) is 33.0. The number of nitrogens with zero attached hydrogens (tertiary/aromatic N) is 1. The number of carboxylic acids is 1. The predicted octanol–water partition coefficient (Wildman–Crippen LogP) is 2.87. The molecular weight excluding hydrogens is 531 g/mol. The van der Waals surface area contributed by atoms with E-state index in [2.05, 4.69) is 10.3 Å². The summed E-state index contributed by atoms with van der Waals surface area (Å²) in [6.07, 6.45) is 13.6. The normalized spacial score (nSPS) is 15.1. The fraction of sp³-hybridized carbons (Fsp3) is 0.469. The molecule has 0 saturated heterocycles. The van der Waals surface area contributed by atoms with Crippen LogP contribution in [-0.4, -0.2) is 34.9 Å². The monoisotopic (exact) mass is 570 g/mol. The zero-order valence-corrected chi connectivity index (χ0v) is 25.2. The Morgan fingerprint density at radius 2 is 1.90 bits per heavy atom. The molecule has 1 aliphatic rings. The number of nitrogens with one attached hydrogen (secondary N) is 1. The summed E-state index contributed by atoms with van der Waals surface area (Å²) in [5.74, 6) is 0.343. The van der Waals surface area contributed by atoms with E-state index in [-0.39, 0.29) is 25.0 Å². The third-order valence-corrected chi connectivity index (χ3v) is 8.39. The van der Waals surface area contributed by atoms with Gasteiger partial charge in [-0.05, 0) is 78.5 Å². The minimum absolute atomic E-state index is 0. The Balaban J connectivity index is 0.00000462. The second kappa shape index (κ2) is 16.8. The molecule has 3 aromatic rings. The number of aromatic nitrogens is 1. The summed E-state index contributed by atoms with van der Waals surface area (Å²) in [5, 5.41) is 14.3. The topological polar surface area (TPSA) is 104 Å². The van der Waals surface area contributed by atoms with Gasteiger partial charge in [-0.3, -0.25) is 4.79 Å². The smallest absolute Gasteiger partial charge is 0.548 e. The minimum Gasteiger partial charge on any atom is -0.548 e. The van der Waals surface area contributed by atoms with Crippen LogP contribution >= 0.6 is 11.8 Å². The van der Waals surface area contributed by atoms with Crippen molar-refractivity contribution in [3.63, 3.8) is 0 Å². The fourth-order valence-corrected chi connectivity index (χ4v) is 5.92. The van der Waals surface area contributed by atoms with Gasteiger partial charge in [0.15, 0.2) is 12.2 Å². The molecule has 1 heterocycles. The molecule has 1 amide bonds. The summed E-state index contributed by atoms with van der Waals surface area (Å²) in [5.41, 5.74) is 3.98. The van der Waals surface area contributed by atoms with E-state index >= 15 is 0 Å². The molecule has 1 N–H and O–H groups in total. The summed E-state index contributed by atoms with van der Waals surface area (Å²) < 4.78 is 12.0. The molecule has 1 aromatic heterocycles. The number of oxazole rings is 1. The van der Waals surface area contributed by atoms with Crippen molar-refractivity contribution in [1.29, 1.82) is 0 Å². The largest absolute Gasteiger partial charge is 1.00 e. The van der Waals surface area contributed by atoms with Crippen molar-refractivity contribution in [2.24, 2.45) is 5.92 Å². The number of hydrogen-bond donors (Lipinski definition) is 1. The van der Waals surface area contributed by atoms with Crippen LogP contribution in [0.25, 0.3) is 11.1 Å². The molecule has 1 unspecified atom stereocenters. The van der Waals surface area contributed by atoms with E-state index < -0.39 is 17.9 Å². The first-order valence-corrected chi connectivity index (χ1v) is 15.5. The van der Waals surface area contributed by atoms with Gasteiger partial charge in [-0.2, -0.15) is 11.8 Å². The number of amides is 1. The number of carbonyl (C=O) groups is 2. The minimum atomic E-state index is -1.28. The number of rotatable bonds is 14. The third kappa shape index (κ3) is 9.51. The van der Waals surface area contributed by atoms with Crippen LogP contribution in [0.2, 0.25) is 0 Å². The number of carbonyl (C=O) groups excluding carboxylic acids is 2. The molecule has 1 saturated carbocycles. The van der Waals surface area contributed by atoms with Gasteiger partial charge in [-0.25, -0.2) is 4.98 Å². The van der Waals surface area contributed by atoms with Gasteiger partial charge >= 0.3 is 18.9 Å². The van der Waals surface area contributed by atoms with E-state index in [9.17, 15) is 14.7 Å². The number of ether oxygens (including phenoxy) is 1. The van der Waals surface area contributed by atoms with Gasteiger partial charge in [0.1, 0.15) is 6.10 Å². The molecule has 1 aliphatic carbocycles. The summed E-state index contributed by atoms with van der Waals surface area (Å²) in [4.78, 5) is 29.1. The first-order valence-electron chi connectivity index (χ1n) is 14.2. The molecule has 9 heteroatoms. The van der Waals surface area contributed by atoms with E-state index in [1.165, 1.54) is 50.3 Å². The Labute approximate surface area is 259 Å². The van der Waals surface area contributed by atoms with E-state index in [1.54, 1.807) is 12.3 Å². The van der Waals surface area contributed by atoms with E-state index in [0.29, 0.717) is 24.3 Å². The van der Waals surface area contributed by atoms with Crippen LogP contribution in [0.3, 0.4) is 0 Å². The maximum absolute atomic E-state index is 13.3. The molecule has 0 aliphatic heterocycles. The molecule has 214 valence electrons. The quantitative estimate of drug-likeness (QED) is 0.297. The number of benzene rings is 2. The van der Waals surface area contributed by atoms with Crippen LogP contribution in [-0.2, 0) is 16.1 Å². The average molecular weight is 571 g/mol. The van der Waals surface area contributed by atoms with Gasteiger partial charge in [0.25, 0.3) is 5.91 Å². The van der Waals surface area contributed by atoms with Gasteiger partial charge in [0.05, 0.1) is 24.8 Å². The molecule has 0 spiro atoms. The Morgan fingerprint density at radius 3 is 2.59 bits per heavy atom. The standard InChI is InChI=1S/C32H40N2O5S.Li/c1-22-8-6-7-11-25(22)27-18-24(12-14-26(27)31(35)34-28(32(36)37)16-17-40-2)20-38-29(30-19-33-21-39-30)15-13-23-9-4-3-5-10-23;/h6-8,11-12,14,18-19,21,23,28-29H,3-5,9-10,13,15-17,20H2,1-2H3,(H,34,35)(H,36,37);/q;+1/p-1/t28-,29?;/m0./s1. The van der Waals surface area contributed by atoms with Gasteiger partial charge in [0.2, 0.25) is 0 Å². The van der Waals surface area contributed by atoms with E-state index in [4.69, 9.17) is 9.15 Å². The predicted molar refractivity (Wildman–Crippen MR) is 156 cm³/mol. The van der Waals surface area contributed by atoms with Gasteiger partial charge in [0, 0.05) is 5.56 Å². The number of aryl methyl sites for hydroxylation is 1. The van der Waals surface area contributed by atoms with E-state index in [1.807, 2.05) is 49.6 Å². The van der Waals surface area contributed by atoms with Crippen molar-refractivity contribution in [3.05, 3.63) is 77.5 Å². The second-order valence-electron chi connectivity index (χ2n) is 10.6. The van der Waals surface area contributed by atoms with Gasteiger partial charge in [-0.15, -0.1) is 0 Å². The van der Waals surface area contributed by atoms with Crippen molar-refractivity contribution < 1.29 is 42.7 Å². The van der Waals surface area contributed by atoms with Crippen molar-refractivity contribution in [2.45, 2.75) is 77.0 Å².